The molecule has 1 aliphatic heterocycles. The molecule has 0 saturated carbocycles. The van der Waals surface area contributed by atoms with Gasteiger partial charge in [0, 0.05) is 51.2 Å². The van der Waals surface area contributed by atoms with Crippen LogP contribution < -0.4 is 5.32 Å². The number of aromatic nitrogens is 6. The molecular weight excluding hydrogens is 546 g/mol. The van der Waals surface area contributed by atoms with Gasteiger partial charge in [0.05, 0.1) is 29.5 Å². The van der Waals surface area contributed by atoms with Crippen LogP contribution in [-0.4, -0.2) is 64.9 Å². The van der Waals surface area contributed by atoms with Gasteiger partial charge in [-0.3, -0.25) is 18.8 Å². The number of hydrogen-bond acceptors (Lipinski definition) is 8. The van der Waals surface area contributed by atoms with Gasteiger partial charge in [-0.1, -0.05) is 37.3 Å². The molecule has 1 N–H and O–H groups in total. The minimum atomic E-state index is 0.685. The van der Waals surface area contributed by atoms with E-state index in [4.69, 9.17) is 4.98 Å². The van der Waals surface area contributed by atoms with E-state index in [9.17, 15) is 4.79 Å². The summed E-state index contributed by atoms with van der Waals surface area (Å²) in [6, 6.07) is 12.0. The van der Waals surface area contributed by atoms with E-state index in [1.807, 2.05) is 66.7 Å². The van der Waals surface area contributed by atoms with Gasteiger partial charge in [0.15, 0.2) is 11.5 Å². The minimum absolute atomic E-state index is 0.685. The molecule has 6 rings (SSSR count). The number of imidazole rings is 1. The molecule has 10 nitrogen and oxygen atoms in total. The Morgan fingerprint density at radius 2 is 2.02 bits per heavy atom. The van der Waals surface area contributed by atoms with Crippen LogP contribution in [0, 0.1) is 12.8 Å². The summed E-state index contributed by atoms with van der Waals surface area (Å²) >= 11 is 1.48. The summed E-state index contributed by atoms with van der Waals surface area (Å²) in [5.41, 5.74) is 6.03. The predicted octanol–water partition coefficient (Wildman–Crippen LogP) is 5.63. The van der Waals surface area contributed by atoms with E-state index < -0.39 is 0 Å². The molecule has 42 heavy (non-hydrogen) atoms. The van der Waals surface area contributed by atoms with Crippen LogP contribution in [0.1, 0.15) is 43.6 Å². The maximum atomic E-state index is 10.2. The summed E-state index contributed by atoms with van der Waals surface area (Å²) in [4.78, 5) is 23.7. The summed E-state index contributed by atoms with van der Waals surface area (Å²) < 4.78 is 8.67. The van der Waals surface area contributed by atoms with E-state index in [0.717, 1.165) is 83.2 Å². The average molecular weight is 586 g/mol. The van der Waals surface area contributed by atoms with Gasteiger partial charge in [-0.15, -0.1) is 0 Å². The quantitative estimate of drug-likeness (QED) is 0.224. The minimum Gasteiger partial charge on any atom is -0.344 e. The molecule has 0 spiro atoms. The molecule has 1 amide bonds. The number of amides is 1. The molecule has 220 valence electrons. The molecule has 0 radical (unpaired) electrons. The van der Waals surface area contributed by atoms with Crippen molar-refractivity contribution in [1.82, 2.24) is 38.3 Å². The first-order valence-electron chi connectivity index (χ1n) is 14.4. The van der Waals surface area contributed by atoms with Crippen molar-refractivity contribution in [2.75, 3.05) is 25.5 Å². The molecule has 1 fully saturated rings. The maximum Gasteiger partial charge on any atom is 0.209 e. The van der Waals surface area contributed by atoms with Crippen molar-refractivity contribution >= 4 is 34.4 Å². The summed E-state index contributed by atoms with van der Waals surface area (Å²) in [7, 11) is 1.76. The van der Waals surface area contributed by atoms with Gasteiger partial charge >= 0.3 is 0 Å². The highest BCUT2D eigenvalue weighted by molar-refractivity contribution is 7.10. The number of hydrogen-bond donors (Lipinski definition) is 1. The van der Waals surface area contributed by atoms with Gasteiger partial charge < -0.3 is 10.2 Å². The van der Waals surface area contributed by atoms with Crippen molar-refractivity contribution in [3.63, 3.8) is 0 Å². The second-order valence-electron chi connectivity index (χ2n) is 10.9. The zero-order chi connectivity index (χ0) is 29.5. The summed E-state index contributed by atoms with van der Waals surface area (Å²) in [5, 5.41) is 8.85. The van der Waals surface area contributed by atoms with Gasteiger partial charge in [0.2, 0.25) is 6.41 Å². The first kappa shape index (κ1) is 29.4. The number of nitrogens with zero attached hydrogens (tertiary/aromatic N) is 8. The Labute approximate surface area is 251 Å². The van der Waals surface area contributed by atoms with Crippen LogP contribution in [0.25, 0.3) is 16.9 Å². The summed E-state index contributed by atoms with van der Waals surface area (Å²) in [6.45, 7) is 11.2. The Balaban J connectivity index is 0.000000271. The topological polar surface area (TPSA) is 96.5 Å². The Hall–Kier alpha value is -4.09. The molecule has 0 bridgehead atoms. The highest BCUT2D eigenvalue weighted by atomic mass is 32.1. The van der Waals surface area contributed by atoms with E-state index in [2.05, 4.69) is 49.0 Å². The van der Waals surface area contributed by atoms with Crippen molar-refractivity contribution in [3.05, 3.63) is 78.1 Å². The smallest absolute Gasteiger partial charge is 0.209 e. The molecule has 4 aromatic heterocycles. The third-order valence-corrected chi connectivity index (χ3v) is 7.99. The van der Waals surface area contributed by atoms with Crippen LogP contribution in [0.5, 0.6) is 0 Å². The second-order valence-corrected chi connectivity index (χ2v) is 11.8. The van der Waals surface area contributed by atoms with Gasteiger partial charge in [-0.05, 0) is 62.3 Å². The molecule has 1 aliphatic rings. The van der Waals surface area contributed by atoms with E-state index in [1.54, 1.807) is 11.9 Å². The number of rotatable bonds is 9. The first-order chi connectivity index (χ1) is 20.4. The third kappa shape index (κ3) is 7.40. The SMILES string of the molecule is CCn1cc(-c2cnc3c(Nc4cc(CN5CCCC(C)C5)ns4)nc(C)cn23)cn1.CN(C=O)Cc1ccccc1. The monoisotopic (exact) mass is 585 g/mol. The lowest BCUT2D eigenvalue weighted by Crippen LogP contribution is -2.33. The van der Waals surface area contributed by atoms with Crippen molar-refractivity contribution in [2.45, 2.75) is 53.2 Å². The molecular formula is C31H39N9OS. The van der Waals surface area contributed by atoms with Gasteiger partial charge in [-0.25, -0.2) is 9.97 Å². The highest BCUT2D eigenvalue weighted by Gasteiger charge is 2.18. The number of likely N-dealkylation sites (tertiary alicyclic amines) is 1. The Kier molecular flexibility index (Phi) is 9.60. The largest absolute Gasteiger partial charge is 0.344 e. The Bertz CT molecular complexity index is 1590. The summed E-state index contributed by atoms with van der Waals surface area (Å²) in [6.07, 6.45) is 11.3. The average Bonchev–Trinajstić information content (AvgIpc) is 3.74. The van der Waals surface area contributed by atoms with Gasteiger partial charge in [0.25, 0.3) is 0 Å². The predicted molar refractivity (Wildman–Crippen MR) is 168 cm³/mol. The molecule has 1 unspecified atom stereocenters. The molecule has 5 heterocycles. The fraction of sp³-hybridized carbons (Fsp3) is 0.387. The van der Waals surface area contributed by atoms with Gasteiger partial charge in [0.1, 0.15) is 5.00 Å². The second kappa shape index (κ2) is 13.7. The fourth-order valence-electron chi connectivity index (χ4n) is 5.21. The lowest BCUT2D eigenvalue weighted by atomic mass is 10.0. The molecule has 0 aliphatic carbocycles. The van der Waals surface area contributed by atoms with Crippen LogP contribution in [0.15, 0.2) is 61.2 Å². The standard InChI is InChI=1S/C22H28N8S.C9H11NO/c1-4-29-13-17(9-24-29)19-10-23-22-21(25-16(3)12-30(19)22)26-20-8-18(27-31-20)14-28-7-5-6-15(2)11-28;1-10(8-11)7-9-5-3-2-4-6-9/h8-10,12-13,15H,4-7,11,14H2,1-3H3,(H,25,26);2-6,8H,7H2,1H3. The zero-order valence-electron chi connectivity index (χ0n) is 24.8. The van der Waals surface area contributed by atoms with Crippen molar-refractivity contribution in [2.24, 2.45) is 5.92 Å². The highest BCUT2D eigenvalue weighted by Crippen LogP contribution is 2.28. The van der Waals surface area contributed by atoms with E-state index in [0.29, 0.717) is 6.54 Å². The number of anilines is 2. The molecule has 1 atom stereocenters. The maximum absolute atomic E-state index is 10.2. The lowest BCUT2D eigenvalue weighted by molar-refractivity contribution is -0.117. The summed E-state index contributed by atoms with van der Waals surface area (Å²) in [5.74, 6) is 1.52. The Morgan fingerprint density at radius 1 is 1.19 bits per heavy atom. The Morgan fingerprint density at radius 3 is 2.76 bits per heavy atom. The van der Waals surface area contributed by atoms with Crippen molar-refractivity contribution < 1.29 is 4.79 Å². The normalized spacial score (nSPS) is 15.3. The molecule has 11 heteroatoms. The number of nitrogens with one attached hydrogen (secondary N) is 1. The lowest BCUT2D eigenvalue weighted by Gasteiger charge is -2.30. The zero-order valence-corrected chi connectivity index (χ0v) is 25.6. The number of aryl methyl sites for hydroxylation is 2. The third-order valence-electron chi connectivity index (χ3n) is 7.25. The van der Waals surface area contributed by atoms with Crippen molar-refractivity contribution in [3.8, 4) is 11.3 Å². The first-order valence-corrected chi connectivity index (χ1v) is 15.2. The van der Waals surface area contributed by atoms with Crippen LogP contribution in [0.4, 0.5) is 10.8 Å². The number of fused-ring (bicyclic) bond motifs is 1. The van der Waals surface area contributed by atoms with Crippen LogP contribution >= 0.6 is 11.5 Å². The molecule has 5 aromatic rings. The van der Waals surface area contributed by atoms with E-state index in [1.165, 1.54) is 24.4 Å². The van der Waals surface area contributed by atoms with Gasteiger partial charge in [-0.2, -0.15) is 9.47 Å². The van der Waals surface area contributed by atoms with Crippen LogP contribution in [0.2, 0.25) is 0 Å². The van der Waals surface area contributed by atoms with Crippen LogP contribution in [-0.2, 0) is 24.4 Å². The van der Waals surface area contributed by atoms with E-state index >= 15 is 0 Å². The van der Waals surface area contributed by atoms with E-state index in [-0.39, 0.29) is 0 Å². The molecule has 1 saturated heterocycles. The fourth-order valence-corrected chi connectivity index (χ4v) is 5.86. The van der Waals surface area contributed by atoms with Crippen LogP contribution in [0.3, 0.4) is 0 Å². The number of piperidine rings is 1. The number of benzene rings is 1. The number of carbonyl (C=O) groups is 1. The van der Waals surface area contributed by atoms with Crippen molar-refractivity contribution in [1.29, 1.82) is 0 Å². The molecule has 1 aromatic carbocycles. The number of carbonyl (C=O) groups excluding carboxylic acids is 1.